The smallest absolute Gasteiger partial charge is 0.234 e. The van der Waals surface area contributed by atoms with Gasteiger partial charge in [0.25, 0.3) is 0 Å². The molecule has 0 aliphatic rings. The Morgan fingerprint density at radius 2 is 1.95 bits per heavy atom. The Labute approximate surface area is 123 Å². The van der Waals surface area contributed by atoms with E-state index in [1.54, 1.807) is 0 Å². The molecular weight excluding hydrogens is 278 g/mol. The molecule has 0 heterocycles. The van der Waals surface area contributed by atoms with Crippen LogP contribution < -0.4 is 10.6 Å². The minimum Gasteiger partial charge on any atom is -0.353 e. The molecule has 0 bridgehead atoms. The van der Waals surface area contributed by atoms with Crippen molar-refractivity contribution in [2.75, 3.05) is 32.4 Å². The summed E-state index contributed by atoms with van der Waals surface area (Å²) in [5.74, 6) is -0.0126. The van der Waals surface area contributed by atoms with E-state index >= 15 is 0 Å². The van der Waals surface area contributed by atoms with Gasteiger partial charge in [-0.15, -0.1) is 0 Å². The van der Waals surface area contributed by atoms with Crippen LogP contribution in [0.3, 0.4) is 0 Å². The zero-order valence-corrected chi connectivity index (χ0v) is 13.9. The number of nitrogens with one attached hydrogen (secondary N) is 2. The Morgan fingerprint density at radius 3 is 2.45 bits per heavy atom. The molecule has 120 valence electrons. The van der Waals surface area contributed by atoms with Crippen LogP contribution in [0.2, 0.25) is 0 Å². The van der Waals surface area contributed by atoms with Gasteiger partial charge in [-0.2, -0.15) is 0 Å². The zero-order chi connectivity index (χ0) is 15.6. The highest BCUT2D eigenvalue weighted by molar-refractivity contribution is 7.88. The van der Waals surface area contributed by atoms with Crippen molar-refractivity contribution in [3.05, 3.63) is 0 Å². The second-order valence-electron chi connectivity index (χ2n) is 5.04. The highest BCUT2D eigenvalue weighted by Gasteiger charge is 2.13. The lowest BCUT2D eigenvalue weighted by Gasteiger charge is -2.17. The third kappa shape index (κ3) is 9.28. The summed E-state index contributed by atoms with van der Waals surface area (Å²) in [7, 11) is -3.11. The highest BCUT2D eigenvalue weighted by Crippen LogP contribution is 1.98. The Kier molecular flexibility index (Phi) is 9.79. The van der Waals surface area contributed by atoms with Crippen molar-refractivity contribution < 1.29 is 13.2 Å². The maximum absolute atomic E-state index is 11.6. The van der Waals surface area contributed by atoms with Crippen molar-refractivity contribution in [1.29, 1.82) is 0 Å². The first kappa shape index (κ1) is 19.3. The molecule has 0 spiro atoms. The summed E-state index contributed by atoms with van der Waals surface area (Å²) in [5.41, 5.74) is 0. The third-order valence-electron chi connectivity index (χ3n) is 3.00. The van der Waals surface area contributed by atoms with E-state index in [0.29, 0.717) is 26.1 Å². The van der Waals surface area contributed by atoms with Gasteiger partial charge < -0.3 is 10.6 Å². The highest BCUT2D eigenvalue weighted by atomic mass is 32.2. The predicted molar refractivity (Wildman–Crippen MR) is 82.1 cm³/mol. The van der Waals surface area contributed by atoms with E-state index < -0.39 is 10.0 Å². The van der Waals surface area contributed by atoms with Crippen LogP contribution in [0.15, 0.2) is 0 Å². The van der Waals surface area contributed by atoms with Crippen LogP contribution >= 0.6 is 0 Å². The standard InChI is InChI=1S/C13H29N3O3S/c1-5-8-12(3)15-13(17)11-14-9-7-10-16(6-2)20(4,18)19/h12,14H,5-11H2,1-4H3,(H,15,17). The summed E-state index contributed by atoms with van der Waals surface area (Å²) in [5, 5.41) is 5.94. The molecule has 6 nitrogen and oxygen atoms in total. The molecule has 0 aliphatic carbocycles. The van der Waals surface area contributed by atoms with Crippen molar-refractivity contribution in [3.63, 3.8) is 0 Å². The van der Waals surface area contributed by atoms with Crippen LogP contribution in [-0.2, 0) is 14.8 Å². The summed E-state index contributed by atoms with van der Waals surface area (Å²) in [4.78, 5) is 11.6. The molecular formula is C13H29N3O3S. The van der Waals surface area contributed by atoms with E-state index in [1.165, 1.54) is 10.6 Å². The molecule has 7 heteroatoms. The molecule has 0 saturated heterocycles. The molecule has 1 unspecified atom stereocenters. The van der Waals surface area contributed by atoms with Gasteiger partial charge in [-0.05, 0) is 26.3 Å². The van der Waals surface area contributed by atoms with Crippen molar-refractivity contribution in [2.24, 2.45) is 0 Å². The molecule has 20 heavy (non-hydrogen) atoms. The lowest BCUT2D eigenvalue weighted by Crippen LogP contribution is -2.39. The maximum Gasteiger partial charge on any atom is 0.234 e. The first-order valence-corrected chi connectivity index (χ1v) is 9.11. The lowest BCUT2D eigenvalue weighted by atomic mass is 10.2. The van der Waals surface area contributed by atoms with Crippen molar-refractivity contribution in [2.45, 2.75) is 46.1 Å². The fourth-order valence-corrected chi connectivity index (χ4v) is 2.90. The maximum atomic E-state index is 11.6. The topological polar surface area (TPSA) is 78.5 Å². The van der Waals surface area contributed by atoms with E-state index in [4.69, 9.17) is 0 Å². The van der Waals surface area contributed by atoms with E-state index in [-0.39, 0.29) is 18.5 Å². The number of rotatable bonds is 11. The summed E-state index contributed by atoms with van der Waals surface area (Å²) >= 11 is 0. The summed E-state index contributed by atoms with van der Waals surface area (Å²) in [6.45, 7) is 7.76. The van der Waals surface area contributed by atoms with Crippen LogP contribution in [0.4, 0.5) is 0 Å². The summed E-state index contributed by atoms with van der Waals surface area (Å²) in [6, 6.07) is 0.204. The normalized spacial score (nSPS) is 13.4. The minimum atomic E-state index is -3.11. The Balaban J connectivity index is 3.74. The first-order valence-electron chi connectivity index (χ1n) is 7.26. The van der Waals surface area contributed by atoms with Gasteiger partial charge in [0, 0.05) is 19.1 Å². The largest absolute Gasteiger partial charge is 0.353 e. The Morgan fingerprint density at radius 1 is 1.30 bits per heavy atom. The Bertz CT molecular complexity index is 371. The summed E-state index contributed by atoms with van der Waals surface area (Å²) < 4.78 is 24.1. The van der Waals surface area contributed by atoms with Crippen LogP contribution in [0, 0.1) is 0 Å². The van der Waals surface area contributed by atoms with Gasteiger partial charge in [0.05, 0.1) is 12.8 Å². The average molecular weight is 307 g/mol. The first-order chi connectivity index (χ1) is 9.31. The molecule has 0 saturated carbocycles. The van der Waals surface area contributed by atoms with Crippen LogP contribution in [0.25, 0.3) is 0 Å². The van der Waals surface area contributed by atoms with Crippen molar-refractivity contribution in [1.82, 2.24) is 14.9 Å². The molecule has 2 N–H and O–H groups in total. The van der Waals surface area contributed by atoms with Gasteiger partial charge in [-0.1, -0.05) is 20.3 Å². The fourth-order valence-electron chi connectivity index (χ4n) is 1.97. The van der Waals surface area contributed by atoms with E-state index in [9.17, 15) is 13.2 Å². The molecule has 0 aromatic carbocycles. The van der Waals surface area contributed by atoms with E-state index in [0.717, 1.165) is 12.8 Å². The zero-order valence-electron chi connectivity index (χ0n) is 13.1. The number of carbonyl (C=O) groups excluding carboxylic acids is 1. The van der Waals surface area contributed by atoms with Crippen molar-refractivity contribution >= 4 is 15.9 Å². The quantitative estimate of drug-likeness (QED) is 0.547. The Hall–Kier alpha value is -0.660. The number of hydrogen-bond donors (Lipinski definition) is 2. The van der Waals surface area contributed by atoms with Gasteiger partial charge >= 0.3 is 0 Å². The van der Waals surface area contributed by atoms with E-state index in [2.05, 4.69) is 17.6 Å². The number of amides is 1. The molecule has 0 rings (SSSR count). The molecule has 1 amide bonds. The van der Waals surface area contributed by atoms with Crippen molar-refractivity contribution in [3.8, 4) is 0 Å². The molecule has 0 aromatic rings. The molecule has 0 radical (unpaired) electrons. The lowest BCUT2D eigenvalue weighted by molar-refractivity contribution is -0.120. The average Bonchev–Trinajstić information content (AvgIpc) is 2.32. The summed E-state index contributed by atoms with van der Waals surface area (Å²) in [6.07, 6.45) is 3.93. The second kappa shape index (κ2) is 10.1. The van der Waals surface area contributed by atoms with Gasteiger partial charge in [-0.25, -0.2) is 12.7 Å². The second-order valence-corrected chi connectivity index (χ2v) is 7.02. The molecule has 0 aromatic heterocycles. The monoisotopic (exact) mass is 307 g/mol. The number of sulfonamides is 1. The predicted octanol–water partition coefficient (Wildman–Crippen LogP) is 0.552. The molecule has 0 fully saturated rings. The van der Waals surface area contributed by atoms with Crippen LogP contribution in [0.1, 0.15) is 40.0 Å². The van der Waals surface area contributed by atoms with Gasteiger partial charge in [0.1, 0.15) is 0 Å². The molecule has 0 aliphatic heterocycles. The third-order valence-corrected chi connectivity index (χ3v) is 4.38. The SMILES string of the molecule is CCCC(C)NC(=O)CNCCCN(CC)S(C)(=O)=O. The molecule has 1 atom stereocenters. The number of nitrogens with zero attached hydrogens (tertiary/aromatic N) is 1. The van der Waals surface area contributed by atoms with E-state index in [1.807, 2.05) is 13.8 Å². The van der Waals surface area contributed by atoms with Gasteiger partial charge in [0.15, 0.2) is 0 Å². The fraction of sp³-hybridized carbons (Fsp3) is 0.923. The number of hydrogen-bond acceptors (Lipinski definition) is 4. The van der Waals surface area contributed by atoms with Crippen LogP contribution in [0.5, 0.6) is 0 Å². The van der Waals surface area contributed by atoms with Gasteiger partial charge in [-0.3, -0.25) is 4.79 Å². The van der Waals surface area contributed by atoms with Gasteiger partial charge in [0.2, 0.25) is 15.9 Å². The minimum absolute atomic E-state index is 0.0126. The number of carbonyl (C=O) groups is 1. The van der Waals surface area contributed by atoms with Crippen LogP contribution in [-0.4, -0.2) is 57.1 Å².